The first-order valence-electron chi connectivity index (χ1n) is 8.65. The molecule has 1 aromatic heterocycles. The van der Waals surface area contributed by atoms with Gasteiger partial charge in [0.2, 0.25) is 0 Å². The van der Waals surface area contributed by atoms with Crippen molar-refractivity contribution in [1.82, 2.24) is 9.66 Å². The zero-order valence-corrected chi connectivity index (χ0v) is 14.0. The van der Waals surface area contributed by atoms with Crippen molar-refractivity contribution >= 4 is 11.4 Å². The van der Waals surface area contributed by atoms with Crippen LogP contribution in [0, 0.1) is 11.7 Å². The number of halogens is 1. The zero-order chi connectivity index (χ0) is 17.4. The highest BCUT2D eigenvalue weighted by Gasteiger charge is 2.39. The average molecular weight is 342 g/mol. The fourth-order valence-corrected chi connectivity index (χ4v) is 3.76. The van der Waals surface area contributed by atoms with Gasteiger partial charge in [-0.1, -0.05) is 6.07 Å². The van der Waals surface area contributed by atoms with Crippen molar-refractivity contribution in [3.63, 3.8) is 0 Å². The summed E-state index contributed by atoms with van der Waals surface area (Å²) in [7, 11) is 0. The zero-order valence-electron chi connectivity index (χ0n) is 14.0. The van der Waals surface area contributed by atoms with Gasteiger partial charge in [0.1, 0.15) is 11.5 Å². The Morgan fingerprint density at radius 1 is 1.28 bits per heavy atom. The largest absolute Gasteiger partial charge is 0.353 e. The Balaban J connectivity index is 1.66. The second-order valence-corrected chi connectivity index (χ2v) is 6.97. The van der Waals surface area contributed by atoms with E-state index in [4.69, 9.17) is 11.5 Å². The number of fused-ring (bicyclic) bond motifs is 1. The van der Waals surface area contributed by atoms with Gasteiger partial charge in [-0.05, 0) is 50.0 Å². The molecular weight excluding hydrogens is 319 g/mol. The monoisotopic (exact) mass is 342 g/mol. The summed E-state index contributed by atoms with van der Waals surface area (Å²) < 4.78 is 15.3. The minimum atomic E-state index is -0.705. The van der Waals surface area contributed by atoms with Crippen molar-refractivity contribution in [2.24, 2.45) is 17.4 Å². The van der Waals surface area contributed by atoms with Crippen molar-refractivity contribution in [3.05, 3.63) is 54.4 Å². The summed E-state index contributed by atoms with van der Waals surface area (Å²) in [6.07, 6.45) is 9.42. The molecule has 0 radical (unpaired) electrons. The molecule has 2 aliphatic rings. The van der Waals surface area contributed by atoms with Crippen LogP contribution >= 0.6 is 0 Å². The van der Waals surface area contributed by atoms with Crippen LogP contribution in [0.2, 0.25) is 0 Å². The summed E-state index contributed by atoms with van der Waals surface area (Å²) in [5.41, 5.74) is 16.9. The Morgan fingerprint density at radius 2 is 2.08 bits per heavy atom. The van der Waals surface area contributed by atoms with Crippen LogP contribution in [0.5, 0.6) is 0 Å². The van der Waals surface area contributed by atoms with Crippen LogP contribution in [0.3, 0.4) is 0 Å². The van der Waals surface area contributed by atoms with Crippen LogP contribution in [0.25, 0.3) is 5.70 Å². The number of nitrogens with two attached hydrogens (primary N) is 2. The number of nitrogens with zero attached hydrogens (tertiary/aromatic N) is 2. The quantitative estimate of drug-likeness (QED) is 0.686. The summed E-state index contributed by atoms with van der Waals surface area (Å²) in [6.45, 7) is 0. The van der Waals surface area contributed by atoms with E-state index in [0.717, 1.165) is 37.2 Å². The molecule has 2 aromatic rings. The van der Waals surface area contributed by atoms with Gasteiger partial charge in [0.25, 0.3) is 0 Å². The highest BCUT2D eigenvalue weighted by Crippen LogP contribution is 2.35. The van der Waals surface area contributed by atoms with E-state index in [2.05, 4.69) is 15.7 Å². The molecule has 1 atom stereocenters. The van der Waals surface area contributed by atoms with Gasteiger partial charge in [0, 0.05) is 30.0 Å². The SMILES string of the molecule is NC1CCC(C2(N)C=C(Nc3cccc(F)c3)c3nccn3N2)CC1. The molecule has 1 fully saturated rings. The number of nitrogens with one attached hydrogen (secondary N) is 2. The first-order valence-corrected chi connectivity index (χ1v) is 8.65. The lowest BCUT2D eigenvalue weighted by molar-refractivity contribution is 0.239. The van der Waals surface area contributed by atoms with Gasteiger partial charge >= 0.3 is 0 Å². The molecule has 0 spiro atoms. The lowest BCUT2D eigenvalue weighted by Gasteiger charge is -2.42. The fourth-order valence-electron chi connectivity index (χ4n) is 3.76. The Bertz CT molecular complexity index is 792. The van der Waals surface area contributed by atoms with Crippen LogP contribution in [0.1, 0.15) is 31.5 Å². The molecule has 4 rings (SSSR count). The maximum atomic E-state index is 13.5. The number of hydrogen-bond donors (Lipinski definition) is 4. The molecule has 1 saturated carbocycles. The number of aromatic nitrogens is 2. The highest BCUT2D eigenvalue weighted by atomic mass is 19.1. The maximum absolute atomic E-state index is 13.5. The van der Waals surface area contributed by atoms with Gasteiger partial charge in [-0.15, -0.1) is 0 Å². The second-order valence-electron chi connectivity index (χ2n) is 6.97. The van der Waals surface area contributed by atoms with E-state index in [1.54, 1.807) is 12.3 Å². The fraction of sp³-hybridized carbons (Fsp3) is 0.389. The molecule has 1 aromatic carbocycles. The van der Waals surface area contributed by atoms with E-state index in [-0.39, 0.29) is 17.8 Å². The van der Waals surface area contributed by atoms with Crippen molar-refractivity contribution in [1.29, 1.82) is 0 Å². The topological polar surface area (TPSA) is 93.9 Å². The van der Waals surface area contributed by atoms with Gasteiger partial charge in [0.15, 0.2) is 5.82 Å². The molecule has 1 aliphatic carbocycles. The third kappa shape index (κ3) is 3.12. The van der Waals surface area contributed by atoms with Gasteiger partial charge in [-0.25, -0.2) is 14.1 Å². The van der Waals surface area contributed by atoms with Crippen LogP contribution < -0.4 is 22.2 Å². The summed E-state index contributed by atoms with van der Waals surface area (Å²) in [6, 6.07) is 6.62. The second kappa shape index (κ2) is 6.16. The highest BCUT2D eigenvalue weighted by molar-refractivity contribution is 5.76. The predicted octanol–water partition coefficient (Wildman–Crippen LogP) is 2.20. The van der Waals surface area contributed by atoms with E-state index >= 15 is 0 Å². The van der Waals surface area contributed by atoms with E-state index < -0.39 is 5.66 Å². The average Bonchev–Trinajstić information content (AvgIpc) is 3.03. The molecule has 25 heavy (non-hydrogen) atoms. The van der Waals surface area contributed by atoms with E-state index in [9.17, 15) is 4.39 Å². The molecule has 1 aliphatic heterocycles. The van der Waals surface area contributed by atoms with Crippen LogP contribution in [-0.2, 0) is 0 Å². The maximum Gasteiger partial charge on any atom is 0.174 e. The minimum Gasteiger partial charge on any atom is -0.353 e. The summed E-state index contributed by atoms with van der Waals surface area (Å²) in [5.74, 6) is 0.702. The molecule has 2 heterocycles. The Morgan fingerprint density at radius 3 is 2.84 bits per heavy atom. The van der Waals surface area contributed by atoms with Crippen molar-refractivity contribution in [2.45, 2.75) is 37.4 Å². The van der Waals surface area contributed by atoms with E-state index in [1.165, 1.54) is 12.1 Å². The minimum absolute atomic E-state index is 0.265. The molecule has 6 N–H and O–H groups in total. The van der Waals surface area contributed by atoms with Gasteiger partial charge in [0.05, 0.1) is 5.70 Å². The summed E-state index contributed by atoms with van der Waals surface area (Å²) in [5, 5.41) is 3.26. The molecule has 132 valence electrons. The third-order valence-electron chi connectivity index (χ3n) is 5.13. The van der Waals surface area contributed by atoms with Crippen molar-refractivity contribution in [2.75, 3.05) is 10.7 Å². The molecule has 0 amide bonds. The Kier molecular flexibility index (Phi) is 3.97. The van der Waals surface area contributed by atoms with Crippen LogP contribution in [0.15, 0.2) is 42.7 Å². The van der Waals surface area contributed by atoms with Crippen LogP contribution in [0.4, 0.5) is 10.1 Å². The number of anilines is 1. The Labute approximate surface area is 146 Å². The van der Waals surface area contributed by atoms with Crippen molar-refractivity contribution < 1.29 is 4.39 Å². The molecule has 1 unspecified atom stereocenters. The van der Waals surface area contributed by atoms with Gasteiger partial charge in [-0.3, -0.25) is 0 Å². The molecule has 6 nitrogen and oxygen atoms in total. The third-order valence-corrected chi connectivity index (χ3v) is 5.13. The van der Waals surface area contributed by atoms with Gasteiger partial charge < -0.3 is 22.2 Å². The molecule has 7 heteroatoms. The van der Waals surface area contributed by atoms with Gasteiger partial charge in [-0.2, -0.15) is 0 Å². The molecular formula is C18H23FN6. The van der Waals surface area contributed by atoms with Crippen LogP contribution in [-0.4, -0.2) is 21.4 Å². The molecule has 0 bridgehead atoms. The first kappa shape index (κ1) is 16.1. The Hall–Kier alpha value is -2.38. The number of hydrogen-bond acceptors (Lipinski definition) is 5. The van der Waals surface area contributed by atoms with E-state index in [0.29, 0.717) is 5.69 Å². The lowest BCUT2D eigenvalue weighted by Crippen LogP contribution is -2.58. The summed E-state index contributed by atoms with van der Waals surface area (Å²) >= 11 is 0. The summed E-state index contributed by atoms with van der Waals surface area (Å²) in [4.78, 5) is 4.38. The standard InChI is InChI=1S/C18H23FN6/c19-13-2-1-3-15(10-13)23-16-11-18(21,12-4-6-14(20)7-5-12)24-25-9-8-22-17(16)25/h1-3,8-12,14,23-24H,4-7,20-21H2. The predicted molar refractivity (Wildman–Crippen MR) is 96.4 cm³/mol. The number of imidazole rings is 1. The normalized spacial score (nSPS) is 28.7. The smallest absolute Gasteiger partial charge is 0.174 e. The van der Waals surface area contributed by atoms with Crippen molar-refractivity contribution in [3.8, 4) is 0 Å². The number of benzene rings is 1. The number of rotatable bonds is 3. The lowest BCUT2D eigenvalue weighted by atomic mass is 9.78. The van der Waals surface area contributed by atoms with E-state index in [1.807, 2.05) is 23.0 Å². The first-order chi connectivity index (χ1) is 12.0. The molecule has 0 saturated heterocycles.